The molecule has 0 N–H and O–H groups in total. The highest BCUT2D eigenvalue weighted by atomic mass is 79.9. The van der Waals surface area contributed by atoms with E-state index in [1.807, 2.05) is 4.90 Å². The first-order chi connectivity index (χ1) is 8.69. The number of methoxy groups -OCH3 is 1. The number of hydrogen-bond donors (Lipinski definition) is 0. The molecule has 6 heteroatoms. The highest BCUT2D eigenvalue weighted by Gasteiger charge is 2.23. The van der Waals surface area contributed by atoms with Crippen molar-refractivity contribution in [1.29, 1.82) is 0 Å². The average molecular weight is 321 g/mol. The Morgan fingerprint density at radius 3 is 2.11 bits per heavy atom. The molecule has 0 unspecified atom stereocenters. The number of unbranched alkanes of at least 4 members (excludes halogenated alkanes) is 1. The topological polar surface area (TPSA) is 49.9 Å². The van der Waals surface area contributed by atoms with Crippen LogP contribution in [-0.4, -0.2) is 66.8 Å². The second kappa shape index (κ2) is 8.48. The van der Waals surface area contributed by atoms with Crippen LogP contribution in [0.1, 0.15) is 19.3 Å². The number of nitrogens with zero attached hydrogens (tertiary/aromatic N) is 2. The Hall–Kier alpha value is -0.620. The molecular formula is C12H21BrN2O3. The number of halogens is 1. The van der Waals surface area contributed by atoms with Crippen molar-refractivity contribution in [1.82, 2.24) is 9.80 Å². The monoisotopic (exact) mass is 320 g/mol. The third-order valence-electron chi connectivity index (χ3n) is 3.03. The zero-order valence-electron chi connectivity index (χ0n) is 10.9. The summed E-state index contributed by atoms with van der Waals surface area (Å²) in [6.07, 6.45) is 2.56. The van der Waals surface area contributed by atoms with Crippen molar-refractivity contribution >= 4 is 27.7 Å². The van der Waals surface area contributed by atoms with Gasteiger partial charge in [-0.2, -0.15) is 0 Å². The third-order valence-corrected chi connectivity index (χ3v) is 3.59. The second-order valence-electron chi connectivity index (χ2n) is 4.34. The molecule has 0 spiro atoms. The summed E-state index contributed by atoms with van der Waals surface area (Å²) >= 11 is 3.35. The third kappa shape index (κ3) is 4.94. The molecule has 2 amide bonds. The maximum Gasteiger partial charge on any atom is 0.248 e. The summed E-state index contributed by atoms with van der Waals surface area (Å²) in [7, 11) is 1.52. The van der Waals surface area contributed by atoms with Crippen LogP contribution in [0.5, 0.6) is 0 Å². The van der Waals surface area contributed by atoms with Crippen LogP contribution in [0, 0.1) is 0 Å². The van der Waals surface area contributed by atoms with Gasteiger partial charge in [0.05, 0.1) is 0 Å². The maximum absolute atomic E-state index is 11.9. The van der Waals surface area contributed by atoms with Gasteiger partial charge in [-0.25, -0.2) is 0 Å². The fourth-order valence-corrected chi connectivity index (χ4v) is 2.35. The smallest absolute Gasteiger partial charge is 0.248 e. The minimum atomic E-state index is 0.00360. The van der Waals surface area contributed by atoms with Gasteiger partial charge in [-0.3, -0.25) is 9.59 Å². The summed E-state index contributed by atoms with van der Waals surface area (Å²) < 4.78 is 4.82. The fraction of sp³-hybridized carbons (Fsp3) is 0.833. The highest BCUT2D eigenvalue weighted by Crippen LogP contribution is 2.07. The summed E-state index contributed by atoms with van der Waals surface area (Å²) in [4.78, 5) is 27.0. The molecule has 104 valence electrons. The molecular weight excluding hydrogens is 300 g/mol. The first kappa shape index (κ1) is 15.4. The van der Waals surface area contributed by atoms with E-state index >= 15 is 0 Å². The van der Waals surface area contributed by atoms with Gasteiger partial charge in [0.25, 0.3) is 0 Å². The van der Waals surface area contributed by atoms with Crippen molar-refractivity contribution in [3.8, 4) is 0 Å². The number of hydrogen-bond acceptors (Lipinski definition) is 3. The summed E-state index contributed by atoms with van der Waals surface area (Å²) in [6, 6.07) is 0. The van der Waals surface area contributed by atoms with Crippen LogP contribution in [0.3, 0.4) is 0 Å². The van der Waals surface area contributed by atoms with Crippen molar-refractivity contribution in [2.75, 3.05) is 45.2 Å². The molecule has 0 saturated carbocycles. The number of alkyl halides is 1. The predicted octanol–water partition coefficient (Wildman–Crippen LogP) is 0.869. The molecule has 1 heterocycles. The molecule has 0 aromatic carbocycles. The number of piperazine rings is 1. The van der Waals surface area contributed by atoms with E-state index in [0.717, 1.165) is 18.2 Å². The average Bonchev–Trinajstić information content (AvgIpc) is 2.39. The van der Waals surface area contributed by atoms with Gasteiger partial charge in [-0.15, -0.1) is 0 Å². The highest BCUT2D eigenvalue weighted by molar-refractivity contribution is 9.09. The van der Waals surface area contributed by atoms with E-state index < -0.39 is 0 Å². The first-order valence-electron chi connectivity index (χ1n) is 6.29. The molecule has 18 heavy (non-hydrogen) atoms. The normalized spacial score (nSPS) is 15.9. The Balaban J connectivity index is 2.26. The lowest BCUT2D eigenvalue weighted by Crippen LogP contribution is -2.51. The van der Waals surface area contributed by atoms with Crippen LogP contribution in [0.25, 0.3) is 0 Å². The molecule has 0 aromatic heterocycles. The van der Waals surface area contributed by atoms with Crippen molar-refractivity contribution < 1.29 is 14.3 Å². The molecule has 1 rings (SSSR count). The predicted molar refractivity (Wildman–Crippen MR) is 72.7 cm³/mol. The van der Waals surface area contributed by atoms with Gasteiger partial charge in [0, 0.05) is 45.0 Å². The van der Waals surface area contributed by atoms with Gasteiger partial charge in [0.1, 0.15) is 6.61 Å². The molecule has 5 nitrogen and oxygen atoms in total. The van der Waals surface area contributed by atoms with Gasteiger partial charge in [-0.05, 0) is 12.8 Å². The van der Waals surface area contributed by atoms with Crippen LogP contribution >= 0.6 is 15.9 Å². The lowest BCUT2D eigenvalue weighted by Gasteiger charge is -2.34. The second-order valence-corrected chi connectivity index (χ2v) is 5.13. The minimum Gasteiger partial charge on any atom is -0.375 e. The Morgan fingerprint density at radius 2 is 1.61 bits per heavy atom. The summed E-state index contributed by atoms with van der Waals surface area (Å²) in [5.74, 6) is 0.207. The largest absolute Gasteiger partial charge is 0.375 e. The van der Waals surface area contributed by atoms with Gasteiger partial charge in [-0.1, -0.05) is 15.9 Å². The lowest BCUT2D eigenvalue weighted by atomic mass is 10.2. The molecule has 1 saturated heterocycles. The fourth-order valence-electron chi connectivity index (χ4n) is 1.95. The molecule has 1 aliphatic heterocycles. The number of amides is 2. The van der Waals surface area contributed by atoms with Crippen LogP contribution in [-0.2, 0) is 14.3 Å². The molecule has 1 aliphatic rings. The number of carbonyl (C=O) groups excluding carboxylic acids is 2. The van der Waals surface area contributed by atoms with Crippen LogP contribution in [0.2, 0.25) is 0 Å². The number of carbonyl (C=O) groups is 2. The van der Waals surface area contributed by atoms with E-state index in [9.17, 15) is 9.59 Å². The van der Waals surface area contributed by atoms with Crippen LogP contribution in [0.15, 0.2) is 0 Å². The first-order valence-corrected chi connectivity index (χ1v) is 7.41. The SMILES string of the molecule is COCC(=O)N1CCN(C(=O)CCCCBr)CC1. The van der Waals surface area contributed by atoms with E-state index in [1.54, 1.807) is 4.90 Å². The molecule has 1 fully saturated rings. The molecule has 0 aliphatic carbocycles. The lowest BCUT2D eigenvalue weighted by molar-refractivity contribution is -0.141. The minimum absolute atomic E-state index is 0.00360. The van der Waals surface area contributed by atoms with Gasteiger partial charge in [0.2, 0.25) is 11.8 Å². The van der Waals surface area contributed by atoms with Crippen LogP contribution < -0.4 is 0 Å². The molecule has 0 atom stereocenters. The zero-order valence-corrected chi connectivity index (χ0v) is 12.4. The summed E-state index contributed by atoms with van der Waals surface area (Å²) in [6.45, 7) is 2.64. The van der Waals surface area contributed by atoms with E-state index in [2.05, 4.69) is 15.9 Å². The Labute approximate surface area is 117 Å². The maximum atomic E-state index is 11.9. The summed E-state index contributed by atoms with van der Waals surface area (Å²) in [5.41, 5.74) is 0. The number of ether oxygens (including phenoxy) is 1. The van der Waals surface area contributed by atoms with E-state index in [1.165, 1.54) is 7.11 Å². The van der Waals surface area contributed by atoms with E-state index in [4.69, 9.17) is 4.74 Å². The molecule has 0 aromatic rings. The standard InChI is InChI=1S/C12H21BrN2O3/c1-18-10-12(17)15-8-6-14(7-9-15)11(16)4-2-3-5-13/h2-10H2,1H3. The Kier molecular flexibility index (Phi) is 7.27. The van der Waals surface area contributed by atoms with Crippen molar-refractivity contribution in [2.45, 2.75) is 19.3 Å². The molecule has 0 bridgehead atoms. The summed E-state index contributed by atoms with van der Waals surface area (Å²) in [5, 5.41) is 0.944. The van der Waals surface area contributed by atoms with Crippen molar-refractivity contribution in [3.05, 3.63) is 0 Å². The van der Waals surface area contributed by atoms with Crippen molar-refractivity contribution in [2.24, 2.45) is 0 Å². The van der Waals surface area contributed by atoms with Gasteiger partial charge >= 0.3 is 0 Å². The quantitative estimate of drug-likeness (QED) is 0.539. The Bertz CT molecular complexity index is 278. The Morgan fingerprint density at radius 1 is 1.06 bits per heavy atom. The number of rotatable bonds is 6. The molecule has 0 radical (unpaired) electrons. The van der Waals surface area contributed by atoms with Crippen molar-refractivity contribution in [3.63, 3.8) is 0 Å². The zero-order chi connectivity index (χ0) is 13.4. The van der Waals surface area contributed by atoms with E-state index in [0.29, 0.717) is 32.6 Å². The van der Waals surface area contributed by atoms with Crippen LogP contribution in [0.4, 0.5) is 0 Å². The van der Waals surface area contributed by atoms with E-state index in [-0.39, 0.29) is 18.4 Å². The van der Waals surface area contributed by atoms with Gasteiger partial charge < -0.3 is 14.5 Å². The van der Waals surface area contributed by atoms with Gasteiger partial charge in [0.15, 0.2) is 0 Å².